The first kappa shape index (κ1) is 30.4. The molecule has 0 radical (unpaired) electrons. The second-order valence-corrected chi connectivity index (χ2v) is 14.4. The summed E-state index contributed by atoms with van der Waals surface area (Å²) in [6.45, 7) is 7.71. The summed E-state index contributed by atoms with van der Waals surface area (Å²) < 4.78 is 18.5. The van der Waals surface area contributed by atoms with E-state index in [-0.39, 0.29) is 11.0 Å². The van der Waals surface area contributed by atoms with Crippen LogP contribution in [0.2, 0.25) is 0 Å². The summed E-state index contributed by atoms with van der Waals surface area (Å²) >= 11 is 1.56. The number of nitrogens with zero attached hydrogens (tertiary/aromatic N) is 5. The Morgan fingerprint density at radius 2 is 2.13 bits per heavy atom. The van der Waals surface area contributed by atoms with Gasteiger partial charge in [-0.1, -0.05) is 12.1 Å². The zero-order valence-corrected chi connectivity index (χ0v) is 27.2. The molecule has 12 heteroatoms. The van der Waals surface area contributed by atoms with E-state index < -0.39 is 0 Å². The summed E-state index contributed by atoms with van der Waals surface area (Å²) in [5.74, 6) is 2.89. The highest BCUT2D eigenvalue weighted by molar-refractivity contribution is 7.16. The molecule has 3 aromatic rings. The zero-order chi connectivity index (χ0) is 31.0. The first-order chi connectivity index (χ1) is 22.0. The average molecular weight is 633 g/mol. The van der Waals surface area contributed by atoms with Gasteiger partial charge in [-0.2, -0.15) is 10.2 Å². The minimum Gasteiger partial charge on any atom is -0.477 e. The number of thiophene rings is 1. The molecule has 45 heavy (non-hydrogen) atoms. The first-order valence-corrected chi connectivity index (χ1v) is 17.3. The molecule has 2 saturated heterocycles. The molecule has 11 nitrogen and oxygen atoms in total. The van der Waals surface area contributed by atoms with E-state index in [1.165, 1.54) is 4.88 Å². The average Bonchev–Trinajstić information content (AvgIpc) is 3.78. The van der Waals surface area contributed by atoms with Gasteiger partial charge in [-0.25, -0.2) is 4.98 Å². The monoisotopic (exact) mass is 632 g/mol. The standard InChI is InChI=1S/C33H44N8O3S/c1-21(6-5-12-36-2)18-43-26-16-25(41-14-13-37-19-32(41)11-15-42-20-32)38-31(39-26)28-22-7-3-9-33(29(22)40-44-28)10-4-8-24-27(33)23(17-34)30(35)45-24/h16,21,36-37H,3-15,18-20,35H2,1-2H3/t21-,32?,33-/m0/s1. The van der Waals surface area contributed by atoms with Crippen molar-refractivity contribution < 1.29 is 14.0 Å². The van der Waals surface area contributed by atoms with Gasteiger partial charge < -0.3 is 35.3 Å². The van der Waals surface area contributed by atoms with E-state index in [1.54, 1.807) is 11.3 Å². The summed E-state index contributed by atoms with van der Waals surface area (Å²) in [6.07, 6.45) is 8.72. The molecular weight excluding hydrogens is 588 g/mol. The molecule has 0 bridgehead atoms. The fourth-order valence-corrected chi connectivity index (χ4v) is 9.21. The van der Waals surface area contributed by atoms with Crippen LogP contribution in [0.1, 0.15) is 79.1 Å². The smallest absolute Gasteiger partial charge is 0.219 e. The van der Waals surface area contributed by atoms with Gasteiger partial charge in [0.25, 0.3) is 0 Å². The van der Waals surface area contributed by atoms with Crippen LogP contribution < -0.4 is 26.0 Å². The Kier molecular flexibility index (Phi) is 8.46. The van der Waals surface area contributed by atoms with Crippen LogP contribution in [0.15, 0.2) is 10.6 Å². The number of anilines is 2. The molecule has 2 fully saturated rings. The molecule has 4 aliphatic rings. The minimum absolute atomic E-state index is 0.155. The van der Waals surface area contributed by atoms with E-state index in [0.29, 0.717) is 47.2 Å². The van der Waals surface area contributed by atoms with Gasteiger partial charge in [0.15, 0.2) is 0 Å². The fourth-order valence-electron chi connectivity index (χ4n) is 8.05. The fraction of sp³-hybridized carbons (Fsp3) is 0.636. The number of nitriles is 1. The Balaban J connectivity index is 1.29. The van der Waals surface area contributed by atoms with Crippen molar-refractivity contribution in [3.63, 3.8) is 0 Å². The van der Waals surface area contributed by atoms with Gasteiger partial charge in [-0.05, 0) is 82.9 Å². The number of piperazine rings is 1. The van der Waals surface area contributed by atoms with Crippen molar-refractivity contribution in [1.82, 2.24) is 25.8 Å². The van der Waals surface area contributed by atoms with Crippen molar-refractivity contribution in [2.75, 3.05) is 63.7 Å². The van der Waals surface area contributed by atoms with Gasteiger partial charge in [-0.3, -0.25) is 0 Å². The predicted molar refractivity (Wildman–Crippen MR) is 174 cm³/mol. The van der Waals surface area contributed by atoms with Crippen LogP contribution in [0.25, 0.3) is 11.6 Å². The highest BCUT2D eigenvalue weighted by Gasteiger charge is 2.48. The molecule has 5 heterocycles. The Morgan fingerprint density at radius 3 is 2.93 bits per heavy atom. The molecule has 1 unspecified atom stereocenters. The normalized spacial score (nSPS) is 24.9. The van der Waals surface area contributed by atoms with Crippen LogP contribution in [0, 0.1) is 17.2 Å². The molecular formula is C33H44N8O3S. The van der Waals surface area contributed by atoms with Crippen LogP contribution >= 0.6 is 11.3 Å². The lowest BCUT2D eigenvalue weighted by Gasteiger charge is -2.45. The first-order valence-electron chi connectivity index (χ1n) is 16.5. The zero-order valence-electron chi connectivity index (χ0n) is 26.4. The van der Waals surface area contributed by atoms with Crippen molar-refractivity contribution in [3.05, 3.63) is 33.3 Å². The van der Waals surface area contributed by atoms with Gasteiger partial charge in [0.05, 0.1) is 30.0 Å². The largest absolute Gasteiger partial charge is 0.477 e. The van der Waals surface area contributed by atoms with Crippen molar-refractivity contribution in [1.29, 1.82) is 5.26 Å². The van der Waals surface area contributed by atoms with Gasteiger partial charge >= 0.3 is 0 Å². The molecule has 0 aromatic carbocycles. The predicted octanol–water partition coefficient (Wildman–Crippen LogP) is 4.19. The molecule has 7 rings (SSSR count). The van der Waals surface area contributed by atoms with Crippen LogP contribution in [-0.2, 0) is 23.0 Å². The molecule has 4 N–H and O–H groups in total. The summed E-state index contributed by atoms with van der Waals surface area (Å²) in [7, 11) is 1.98. The molecule has 2 spiro atoms. The number of fused-ring (bicyclic) bond motifs is 4. The highest BCUT2D eigenvalue weighted by atomic mass is 32.1. The van der Waals surface area contributed by atoms with Crippen LogP contribution in [0.5, 0.6) is 5.88 Å². The Labute approximate surface area is 268 Å². The van der Waals surface area contributed by atoms with E-state index in [2.05, 4.69) is 28.5 Å². The third-order valence-electron chi connectivity index (χ3n) is 10.3. The van der Waals surface area contributed by atoms with E-state index >= 15 is 0 Å². The summed E-state index contributed by atoms with van der Waals surface area (Å²) in [4.78, 5) is 13.7. The van der Waals surface area contributed by atoms with Crippen LogP contribution in [0.4, 0.5) is 10.8 Å². The third kappa shape index (κ3) is 5.37. The lowest BCUT2D eigenvalue weighted by atomic mass is 9.62. The quantitative estimate of drug-likeness (QED) is 0.292. The van der Waals surface area contributed by atoms with Gasteiger partial charge in [0.1, 0.15) is 16.9 Å². The second-order valence-electron chi connectivity index (χ2n) is 13.3. The van der Waals surface area contributed by atoms with E-state index in [9.17, 15) is 5.26 Å². The SMILES string of the molecule is CNCCC[C@H](C)COc1cc(N2CCNCC23CCOC3)nc(-c2onc3c2CCC[C@@]32CCCc3sc(N)c(C#N)c32)n1. The summed E-state index contributed by atoms with van der Waals surface area (Å²) in [6, 6.07) is 4.41. The lowest BCUT2D eigenvalue weighted by molar-refractivity contribution is 0.170. The van der Waals surface area contributed by atoms with Crippen molar-refractivity contribution in [2.45, 2.75) is 75.7 Å². The number of aromatic nitrogens is 3. The van der Waals surface area contributed by atoms with E-state index in [0.717, 1.165) is 113 Å². The maximum absolute atomic E-state index is 10.1. The molecule has 2 aliphatic heterocycles. The van der Waals surface area contributed by atoms with Crippen LogP contribution in [-0.4, -0.2) is 73.7 Å². The minimum atomic E-state index is -0.369. The highest BCUT2D eigenvalue weighted by Crippen LogP contribution is 2.54. The molecule has 0 amide bonds. The lowest BCUT2D eigenvalue weighted by Crippen LogP contribution is -2.62. The van der Waals surface area contributed by atoms with Crippen molar-refractivity contribution >= 4 is 22.2 Å². The van der Waals surface area contributed by atoms with Crippen molar-refractivity contribution in [3.8, 4) is 23.5 Å². The maximum atomic E-state index is 10.1. The van der Waals surface area contributed by atoms with Crippen LogP contribution in [0.3, 0.4) is 0 Å². The number of aryl methyl sites for hydroxylation is 1. The second kappa shape index (κ2) is 12.5. The Bertz CT molecular complexity index is 1570. The number of hydrogen-bond acceptors (Lipinski definition) is 12. The Hall–Kier alpha value is -3.24. The number of nitrogens with two attached hydrogens (primary N) is 1. The summed E-state index contributed by atoms with van der Waals surface area (Å²) in [5.41, 5.74) is 9.52. The molecule has 3 aromatic heterocycles. The molecule has 3 atom stereocenters. The third-order valence-corrected chi connectivity index (χ3v) is 11.4. The molecule has 240 valence electrons. The number of nitrogen functional groups attached to an aromatic ring is 1. The number of rotatable bonds is 9. The van der Waals surface area contributed by atoms with Gasteiger partial charge in [0, 0.05) is 48.2 Å². The van der Waals surface area contributed by atoms with Gasteiger partial charge in [0.2, 0.25) is 17.5 Å². The van der Waals surface area contributed by atoms with Crippen molar-refractivity contribution in [2.24, 2.45) is 5.92 Å². The number of ether oxygens (including phenoxy) is 2. The number of hydrogen-bond donors (Lipinski definition) is 3. The van der Waals surface area contributed by atoms with E-state index in [4.69, 9.17) is 34.9 Å². The Morgan fingerprint density at radius 1 is 1.27 bits per heavy atom. The van der Waals surface area contributed by atoms with E-state index in [1.807, 2.05) is 13.1 Å². The topological polar surface area (TPSA) is 147 Å². The maximum Gasteiger partial charge on any atom is 0.219 e. The molecule has 2 aliphatic carbocycles. The molecule has 0 saturated carbocycles. The summed E-state index contributed by atoms with van der Waals surface area (Å²) in [5, 5.41) is 22.3. The van der Waals surface area contributed by atoms with Gasteiger partial charge in [-0.15, -0.1) is 11.3 Å². The number of nitrogens with one attached hydrogen (secondary N) is 2.